The van der Waals surface area contributed by atoms with Gasteiger partial charge in [-0.15, -0.1) is 0 Å². The molecule has 0 aliphatic carbocycles. The fraction of sp³-hybridized carbons (Fsp3) is 0.375. The van der Waals surface area contributed by atoms with Gasteiger partial charge in [-0.3, -0.25) is 4.79 Å². The summed E-state index contributed by atoms with van der Waals surface area (Å²) in [5, 5.41) is 4.18. The van der Waals surface area contributed by atoms with Gasteiger partial charge < -0.3 is 10.6 Å². The van der Waals surface area contributed by atoms with Crippen molar-refractivity contribution in [3.8, 4) is 5.69 Å². The van der Waals surface area contributed by atoms with E-state index in [0.29, 0.717) is 30.0 Å². The number of rotatable bonds is 2. The molecule has 1 aliphatic heterocycles. The van der Waals surface area contributed by atoms with Crippen molar-refractivity contribution in [2.75, 3.05) is 13.1 Å². The highest BCUT2D eigenvalue weighted by Gasteiger charge is 2.25. The molecule has 2 aromatic rings. The molecule has 1 atom stereocenters. The third kappa shape index (κ3) is 2.62. The van der Waals surface area contributed by atoms with E-state index in [9.17, 15) is 9.18 Å². The summed E-state index contributed by atoms with van der Waals surface area (Å²) in [5.41, 5.74) is 7.40. The molecule has 116 valence electrons. The van der Waals surface area contributed by atoms with Gasteiger partial charge in [0.15, 0.2) is 0 Å². The number of para-hydroxylation sites is 1. The molecule has 1 aromatic carbocycles. The first-order valence-corrected chi connectivity index (χ1v) is 7.42. The highest BCUT2D eigenvalue weighted by Crippen LogP contribution is 2.19. The molecular weight excluding hydrogens is 283 g/mol. The summed E-state index contributed by atoms with van der Waals surface area (Å²) in [4.78, 5) is 14.4. The lowest BCUT2D eigenvalue weighted by Gasteiger charge is -2.30. The minimum absolute atomic E-state index is 0.0274. The average Bonchev–Trinajstić information content (AvgIpc) is 2.88. The first-order valence-electron chi connectivity index (χ1n) is 7.42. The molecule has 1 aliphatic rings. The van der Waals surface area contributed by atoms with E-state index in [2.05, 4.69) is 5.10 Å². The second-order valence-electron chi connectivity index (χ2n) is 5.66. The monoisotopic (exact) mass is 302 g/mol. The van der Waals surface area contributed by atoms with E-state index in [1.54, 1.807) is 30.0 Å². The van der Waals surface area contributed by atoms with Crippen molar-refractivity contribution in [3.63, 3.8) is 0 Å². The molecule has 1 saturated heterocycles. The van der Waals surface area contributed by atoms with Crippen LogP contribution in [-0.2, 0) is 0 Å². The maximum absolute atomic E-state index is 13.9. The number of piperidine rings is 1. The van der Waals surface area contributed by atoms with Crippen molar-refractivity contribution >= 4 is 5.91 Å². The second kappa shape index (κ2) is 5.88. The molecule has 0 radical (unpaired) electrons. The van der Waals surface area contributed by atoms with Crippen LogP contribution in [0, 0.1) is 12.7 Å². The molecule has 6 heteroatoms. The molecule has 2 N–H and O–H groups in total. The Morgan fingerprint density at radius 1 is 1.41 bits per heavy atom. The molecule has 5 nitrogen and oxygen atoms in total. The Morgan fingerprint density at radius 3 is 2.91 bits per heavy atom. The summed E-state index contributed by atoms with van der Waals surface area (Å²) < 4.78 is 15.4. The van der Waals surface area contributed by atoms with Gasteiger partial charge in [-0.1, -0.05) is 12.1 Å². The predicted octanol–water partition coefficient (Wildman–Crippen LogP) is 1.88. The third-order valence-corrected chi connectivity index (χ3v) is 4.07. The first-order chi connectivity index (χ1) is 10.6. The van der Waals surface area contributed by atoms with Gasteiger partial charge >= 0.3 is 0 Å². The number of hydrogen-bond acceptors (Lipinski definition) is 3. The lowest BCUT2D eigenvalue weighted by molar-refractivity contribution is 0.0708. The minimum Gasteiger partial charge on any atom is -0.337 e. The third-order valence-electron chi connectivity index (χ3n) is 4.07. The molecule has 0 saturated carbocycles. The lowest BCUT2D eigenvalue weighted by Crippen LogP contribution is -2.45. The van der Waals surface area contributed by atoms with Crippen LogP contribution >= 0.6 is 0 Å². The topological polar surface area (TPSA) is 64.2 Å². The lowest BCUT2D eigenvalue weighted by atomic mass is 10.1. The van der Waals surface area contributed by atoms with E-state index in [0.717, 1.165) is 12.8 Å². The van der Waals surface area contributed by atoms with E-state index in [-0.39, 0.29) is 17.8 Å². The predicted molar refractivity (Wildman–Crippen MR) is 81.4 cm³/mol. The van der Waals surface area contributed by atoms with E-state index < -0.39 is 0 Å². The van der Waals surface area contributed by atoms with Crippen molar-refractivity contribution in [1.82, 2.24) is 14.7 Å². The van der Waals surface area contributed by atoms with Gasteiger partial charge in [0, 0.05) is 19.1 Å². The first kappa shape index (κ1) is 14.7. The molecule has 2 heterocycles. The zero-order valence-electron chi connectivity index (χ0n) is 12.5. The Balaban J connectivity index is 1.90. The van der Waals surface area contributed by atoms with E-state index in [1.807, 2.05) is 0 Å². The number of likely N-dealkylation sites (tertiary alicyclic amines) is 1. The maximum Gasteiger partial charge on any atom is 0.257 e. The van der Waals surface area contributed by atoms with Gasteiger partial charge in [-0.2, -0.15) is 5.10 Å². The normalized spacial score (nSPS) is 18.5. The molecule has 1 fully saturated rings. The van der Waals surface area contributed by atoms with Crippen LogP contribution in [0.15, 0.2) is 30.5 Å². The molecular formula is C16H19FN4O. The van der Waals surface area contributed by atoms with Crippen LogP contribution in [-0.4, -0.2) is 39.7 Å². The van der Waals surface area contributed by atoms with Crippen LogP contribution in [0.4, 0.5) is 4.39 Å². The van der Waals surface area contributed by atoms with Gasteiger partial charge in [-0.05, 0) is 31.9 Å². The number of carbonyl (C=O) groups excluding carboxylic acids is 1. The number of benzene rings is 1. The van der Waals surface area contributed by atoms with Crippen molar-refractivity contribution < 1.29 is 9.18 Å². The fourth-order valence-electron chi connectivity index (χ4n) is 2.85. The Bertz CT molecular complexity index is 697. The van der Waals surface area contributed by atoms with Crippen molar-refractivity contribution in [2.45, 2.75) is 25.8 Å². The van der Waals surface area contributed by atoms with Crippen LogP contribution in [0.3, 0.4) is 0 Å². The average molecular weight is 302 g/mol. The second-order valence-corrected chi connectivity index (χ2v) is 5.66. The quantitative estimate of drug-likeness (QED) is 0.921. The number of nitrogens with two attached hydrogens (primary N) is 1. The van der Waals surface area contributed by atoms with Gasteiger partial charge in [0.05, 0.1) is 17.5 Å². The fourth-order valence-corrected chi connectivity index (χ4v) is 2.85. The van der Waals surface area contributed by atoms with E-state index >= 15 is 0 Å². The molecule has 0 unspecified atom stereocenters. The Labute approximate surface area is 128 Å². The van der Waals surface area contributed by atoms with Crippen LogP contribution in [0.25, 0.3) is 5.69 Å². The summed E-state index contributed by atoms with van der Waals surface area (Å²) in [6.45, 7) is 3.04. The van der Waals surface area contributed by atoms with Gasteiger partial charge in [0.2, 0.25) is 0 Å². The van der Waals surface area contributed by atoms with Crippen LogP contribution < -0.4 is 5.73 Å². The summed E-state index contributed by atoms with van der Waals surface area (Å²) in [6, 6.07) is 6.41. The molecule has 1 aromatic heterocycles. The maximum atomic E-state index is 13.9. The van der Waals surface area contributed by atoms with Gasteiger partial charge in [0.25, 0.3) is 5.91 Å². The molecule has 22 heavy (non-hydrogen) atoms. The van der Waals surface area contributed by atoms with Gasteiger partial charge in [-0.25, -0.2) is 9.07 Å². The minimum atomic E-state index is -0.368. The van der Waals surface area contributed by atoms with Crippen molar-refractivity contribution in [3.05, 3.63) is 47.5 Å². The summed E-state index contributed by atoms with van der Waals surface area (Å²) >= 11 is 0. The van der Waals surface area contributed by atoms with E-state index in [4.69, 9.17) is 5.73 Å². The Kier molecular flexibility index (Phi) is 3.94. The van der Waals surface area contributed by atoms with E-state index in [1.165, 1.54) is 16.9 Å². The number of carbonyl (C=O) groups is 1. The Morgan fingerprint density at radius 2 is 2.18 bits per heavy atom. The number of aromatic nitrogens is 2. The highest BCUT2D eigenvalue weighted by atomic mass is 19.1. The number of halogens is 1. The molecule has 0 bridgehead atoms. The molecule has 1 amide bonds. The number of hydrogen-bond donors (Lipinski definition) is 1. The molecule has 3 rings (SSSR count). The van der Waals surface area contributed by atoms with Crippen molar-refractivity contribution in [2.24, 2.45) is 5.73 Å². The zero-order chi connectivity index (χ0) is 15.7. The summed E-state index contributed by atoms with van der Waals surface area (Å²) in [5.74, 6) is -0.456. The van der Waals surface area contributed by atoms with Crippen LogP contribution in [0.2, 0.25) is 0 Å². The smallest absolute Gasteiger partial charge is 0.257 e. The van der Waals surface area contributed by atoms with Crippen molar-refractivity contribution in [1.29, 1.82) is 0 Å². The number of amides is 1. The molecule has 0 spiro atoms. The summed E-state index contributed by atoms with van der Waals surface area (Å²) in [7, 11) is 0. The van der Waals surface area contributed by atoms with Gasteiger partial charge in [0.1, 0.15) is 11.5 Å². The zero-order valence-corrected chi connectivity index (χ0v) is 12.5. The summed E-state index contributed by atoms with van der Waals surface area (Å²) in [6.07, 6.45) is 3.36. The number of nitrogens with zero attached hydrogens (tertiary/aromatic N) is 3. The SMILES string of the molecule is Cc1c(C(=O)N2CCC[C@H](N)C2)cnn1-c1ccccc1F. The largest absolute Gasteiger partial charge is 0.337 e. The van der Waals surface area contributed by atoms with Crippen LogP contribution in [0.5, 0.6) is 0 Å². The van der Waals surface area contributed by atoms with Crippen LogP contribution in [0.1, 0.15) is 28.9 Å². The standard InChI is InChI=1S/C16H19FN4O/c1-11-13(16(22)20-8-4-5-12(18)10-20)9-19-21(11)15-7-3-2-6-14(15)17/h2-3,6-7,9,12H,4-5,8,10,18H2,1H3/t12-/m0/s1. The Hall–Kier alpha value is -2.21. The highest BCUT2D eigenvalue weighted by molar-refractivity contribution is 5.95.